The van der Waals surface area contributed by atoms with Crippen LogP contribution in [0, 0.1) is 0 Å². The van der Waals surface area contributed by atoms with Gasteiger partial charge in [-0.25, -0.2) is 0 Å². The Hall–Kier alpha value is -1.44. The fourth-order valence-electron chi connectivity index (χ4n) is 2.31. The lowest BCUT2D eigenvalue weighted by atomic mass is 10.1. The van der Waals surface area contributed by atoms with Gasteiger partial charge in [0.1, 0.15) is 0 Å². The first kappa shape index (κ1) is 15.0. The van der Waals surface area contributed by atoms with Gasteiger partial charge in [0.25, 0.3) is 0 Å². The molecule has 1 saturated heterocycles. The molecular weight excluding hydrogens is 278 g/mol. The van der Waals surface area contributed by atoms with E-state index in [-0.39, 0.29) is 18.5 Å². The van der Waals surface area contributed by atoms with Gasteiger partial charge in [0, 0.05) is 23.7 Å². The van der Waals surface area contributed by atoms with Crippen molar-refractivity contribution in [2.75, 3.05) is 37.5 Å². The number of hydrogen-bond donors (Lipinski definition) is 3. The minimum atomic E-state index is -0.207. The number of anilines is 1. The van der Waals surface area contributed by atoms with Gasteiger partial charge in [0.2, 0.25) is 0 Å². The second kappa shape index (κ2) is 6.83. The highest BCUT2D eigenvalue weighted by Gasteiger charge is 2.24. The monoisotopic (exact) mass is 297 g/mol. The second-order valence-electron chi connectivity index (χ2n) is 4.46. The van der Waals surface area contributed by atoms with Crippen LogP contribution in [0.3, 0.4) is 0 Å². The Morgan fingerprint density at radius 2 is 2.40 bits per heavy atom. The van der Waals surface area contributed by atoms with E-state index < -0.39 is 0 Å². The summed E-state index contributed by atoms with van der Waals surface area (Å²) in [7, 11) is 0. The predicted molar refractivity (Wildman–Crippen MR) is 79.8 cm³/mol. The Morgan fingerprint density at radius 3 is 3.05 bits per heavy atom. The average molecular weight is 297 g/mol. The molecule has 0 spiro atoms. The van der Waals surface area contributed by atoms with Crippen LogP contribution in [0.4, 0.5) is 5.69 Å². The van der Waals surface area contributed by atoms with Gasteiger partial charge in [-0.15, -0.1) is 11.8 Å². The molecule has 20 heavy (non-hydrogen) atoms. The summed E-state index contributed by atoms with van der Waals surface area (Å²) in [6, 6.07) is 5.82. The molecule has 0 bridgehead atoms. The van der Waals surface area contributed by atoms with Gasteiger partial charge < -0.3 is 25.7 Å². The van der Waals surface area contributed by atoms with Crippen molar-refractivity contribution in [3.8, 4) is 0 Å². The largest absolute Gasteiger partial charge is 0.409 e. The molecule has 1 aliphatic rings. The molecule has 0 radical (unpaired) electrons. The summed E-state index contributed by atoms with van der Waals surface area (Å²) in [5.74, 6) is 0.0944. The minimum Gasteiger partial charge on any atom is -0.409 e. The Labute approximate surface area is 122 Å². The Morgan fingerprint density at radius 1 is 1.60 bits per heavy atom. The van der Waals surface area contributed by atoms with Crippen LogP contribution in [-0.4, -0.2) is 54.8 Å². The van der Waals surface area contributed by atoms with Gasteiger partial charge >= 0.3 is 0 Å². The zero-order valence-corrected chi connectivity index (χ0v) is 12.1. The third kappa shape index (κ3) is 3.00. The molecule has 1 heterocycles. The van der Waals surface area contributed by atoms with Gasteiger partial charge in [-0.1, -0.05) is 11.2 Å². The summed E-state index contributed by atoms with van der Waals surface area (Å²) in [4.78, 5) is 3.04. The number of rotatable bonds is 4. The van der Waals surface area contributed by atoms with Crippen LogP contribution >= 0.6 is 11.8 Å². The zero-order chi connectivity index (χ0) is 14.5. The maximum Gasteiger partial charge on any atom is 0.173 e. The number of hydrogen-bond acceptors (Lipinski definition) is 6. The van der Waals surface area contributed by atoms with Crippen molar-refractivity contribution >= 4 is 23.3 Å². The fourth-order valence-corrected chi connectivity index (χ4v) is 2.94. The molecule has 0 aromatic heterocycles. The van der Waals surface area contributed by atoms with Crippen LogP contribution in [0.15, 0.2) is 28.3 Å². The van der Waals surface area contributed by atoms with Crippen LogP contribution in [0.25, 0.3) is 0 Å². The first-order valence-electron chi connectivity index (χ1n) is 6.33. The highest BCUT2D eigenvalue weighted by molar-refractivity contribution is 7.98. The molecule has 1 atom stereocenters. The molecule has 2 rings (SSSR count). The van der Waals surface area contributed by atoms with E-state index in [9.17, 15) is 5.11 Å². The number of thioether (sulfide) groups is 1. The van der Waals surface area contributed by atoms with Gasteiger partial charge in [0.05, 0.1) is 24.9 Å². The molecule has 1 aliphatic heterocycles. The standard InChI is InChI=1S/C13H19N3O3S/c1-20-11-4-2-3-10(12(11)13(14)15-18)16-5-6-19-9(7-16)8-17/h2-4,9,17-18H,5-8H2,1H3,(H2,14,15). The number of aliphatic hydroxyl groups excluding tert-OH is 1. The molecule has 6 nitrogen and oxygen atoms in total. The number of morpholine rings is 1. The van der Waals surface area contributed by atoms with Crippen molar-refractivity contribution in [2.45, 2.75) is 11.0 Å². The fraction of sp³-hybridized carbons (Fsp3) is 0.462. The van der Waals surface area contributed by atoms with Crippen molar-refractivity contribution < 1.29 is 15.1 Å². The lowest BCUT2D eigenvalue weighted by molar-refractivity contribution is 0.00355. The summed E-state index contributed by atoms with van der Waals surface area (Å²) in [6.07, 6.45) is 1.74. The van der Waals surface area contributed by atoms with Crippen LogP contribution in [0.5, 0.6) is 0 Å². The van der Waals surface area contributed by atoms with Gasteiger partial charge in [-0.3, -0.25) is 0 Å². The van der Waals surface area contributed by atoms with E-state index in [2.05, 4.69) is 10.1 Å². The Balaban J connectivity index is 2.40. The summed E-state index contributed by atoms with van der Waals surface area (Å²) in [5, 5.41) is 21.4. The van der Waals surface area contributed by atoms with Crippen molar-refractivity contribution in [3.05, 3.63) is 23.8 Å². The van der Waals surface area contributed by atoms with Crippen molar-refractivity contribution in [2.24, 2.45) is 10.9 Å². The Kier molecular flexibility index (Phi) is 5.11. The van der Waals surface area contributed by atoms with E-state index in [0.29, 0.717) is 19.7 Å². The van der Waals surface area contributed by atoms with E-state index in [1.165, 1.54) is 0 Å². The number of amidine groups is 1. The summed E-state index contributed by atoms with van der Waals surface area (Å²) < 4.78 is 5.45. The van der Waals surface area contributed by atoms with Crippen LogP contribution in [0.1, 0.15) is 5.56 Å². The van der Waals surface area contributed by atoms with E-state index in [0.717, 1.165) is 16.1 Å². The SMILES string of the molecule is CSc1cccc(N2CCOC(CO)C2)c1/C(N)=N/O. The van der Waals surface area contributed by atoms with Crippen molar-refractivity contribution in [1.82, 2.24) is 0 Å². The third-order valence-electron chi connectivity index (χ3n) is 3.27. The smallest absolute Gasteiger partial charge is 0.173 e. The highest BCUT2D eigenvalue weighted by atomic mass is 32.2. The van der Waals surface area contributed by atoms with Crippen molar-refractivity contribution in [3.63, 3.8) is 0 Å². The molecular formula is C13H19N3O3S. The predicted octanol–water partition coefficient (Wildman–Crippen LogP) is 0.700. The average Bonchev–Trinajstić information content (AvgIpc) is 2.53. The van der Waals surface area contributed by atoms with Crippen molar-refractivity contribution in [1.29, 1.82) is 0 Å². The lowest BCUT2D eigenvalue weighted by Crippen LogP contribution is -2.44. The van der Waals surface area contributed by atoms with Crippen LogP contribution < -0.4 is 10.6 Å². The molecule has 4 N–H and O–H groups in total. The summed E-state index contributed by atoms with van der Waals surface area (Å²) >= 11 is 1.54. The molecule has 1 unspecified atom stereocenters. The van der Waals surface area contributed by atoms with Gasteiger partial charge in [-0.05, 0) is 18.4 Å². The Bertz CT molecular complexity index is 496. The molecule has 7 heteroatoms. The maximum atomic E-state index is 9.24. The molecule has 0 amide bonds. The quantitative estimate of drug-likeness (QED) is 0.249. The molecule has 1 fully saturated rings. The minimum absolute atomic E-state index is 0.0162. The van der Waals surface area contributed by atoms with Crippen LogP contribution in [-0.2, 0) is 4.74 Å². The molecule has 110 valence electrons. The van der Waals surface area contributed by atoms with E-state index in [1.807, 2.05) is 24.5 Å². The number of ether oxygens (including phenoxy) is 1. The first-order valence-corrected chi connectivity index (χ1v) is 7.56. The van der Waals surface area contributed by atoms with Crippen LogP contribution in [0.2, 0.25) is 0 Å². The number of benzene rings is 1. The molecule has 0 aliphatic carbocycles. The van der Waals surface area contributed by atoms with E-state index >= 15 is 0 Å². The molecule has 1 aromatic carbocycles. The van der Waals surface area contributed by atoms with E-state index in [4.69, 9.17) is 15.7 Å². The summed E-state index contributed by atoms with van der Waals surface area (Å²) in [5.41, 5.74) is 7.45. The second-order valence-corrected chi connectivity index (χ2v) is 5.31. The molecule has 0 saturated carbocycles. The number of nitrogens with zero attached hydrogens (tertiary/aromatic N) is 2. The van der Waals surface area contributed by atoms with Gasteiger partial charge in [-0.2, -0.15) is 0 Å². The third-order valence-corrected chi connectivity index (χ3v) is 4.05. The normalized spacial score (nSPS) is 20.2. The summed E-state index contributed by atoms with van der Waals surface area (Å²) in [6.45, 7) is 1.82. The first-order chi connectivity index (χ1) is 9.71. The van der Waals surface area contributed by atoms with Gasteiger partial charge in [0.15, 0.2) is 5.84 Å². The van der Waals surface area contributed by atoms with E-state index in [1.54, 1.807) is 11.8 Å². The lowest BCUT2D eigenvalue weighted by Gasteiger charge is -2.35. The topological polar surface area (TPSA) is 91.3 Å². The number of oxime groups is 1. The number of aliphatic hydroxyl groups is 1. The molecule has 1 aromatic rings. The maximum absolute atomic E-state index is 9.24. The zero-order valence-electron chi connectivity index (χ0n) is 11.3. The highest BCUT2D eigenvalue weighted by Crippen LogP contribution is 2.30. The number of nitrogens with two attached hydrogens (primary N) is 1.